The number of allylic oxidation sites excluding steroid dienone is 1. The van der Waals surface area contributed by atoms with Crippen molar-refractivity contribution in [1.82, 2.24) is 0 Å². The van der Waals surface area contributed by atoms with E-state index in [-0.39, 0.29) is 17.3 Å². The summed E-state index contributed by atoms with van der Waals surface area (Å²) < 4.78 is 0. The van der Waals surface area contributed by atoms with Gasteiger partial charge >= 0.3 is 0 Å². The first-order valence-electron chi connectivity index (χ1n) is 7.27. The molecular formula is C17H22O3. The van der Waals surface area contributed by atoms with Gasteiger partial charge in [-0.25, -0.2) is 0 Å². The molecule has 0 spiro atoms. The quantitative estimate of drug-likeness (QED) is 0.646. The van der Waals surface area contributed by atoms with Crippen molar-refractivity contribution in [3.63, 3.8) is 0 Å². The largest absolute Gasteiger partial charge is 0.504 e. The second-order valence-corrected chi connectivity index (χ2v) is 5.89. The second kappa shape index (κ2) is 6.60. The fourth-order valence-corrected chi connectivity index (χ4v) is 2.93. The van der Waals surface area contributed by atoms with E-state index in [0.29, 0.717) is 17.9 Å². The van der Waals surface area contributed by atoms with E-state index < -0.39 is 0 Å². The minimum absolute atomic E-state index is 0.136. The highest BCUT2D eigenvalue weighted by Gasteiger charge is 2.20. The molecule has 0 heterocycles. The molecule has 1 aromatic rings. The van der Waals surface area contributed by atoms with Crippen LogP contribution in [0.3, 0.4) is 0 Å². The number of carbonyl (C=O) groups is 1. The van der Waals surface area contributed by atoms with Gasteiger partial charge in [0.15, 0.2) is 17.3 Å². The van der Waals surface area contributed by atoms with Crippen molar-refractivity contribution >= 4 is 11.9 Å². The summed E-state index contributed by atoms with van der Waals surface area (Å²) >= 11 is 0. The highest BCUT2D eigenvalue weighted by Crippen LogP contribution is 2.31. The Hall–Kier alpha value is -1.77. The van der Waals surface area contributed by atoms with E-state index in [2.05, 4.69) is 6.92 Å². The molecule has 0 amide bonds. The zero-order valence-corrected chi connectivity index (χ0v) is 11.9. The molecule has 1 aliphatic rings. The molecule has 1 aromatic carbocycles. The van der Waals surface area contributed by atoms with Crippen molar-refractivity contribution in [3.8, 4) is 11.5 Å². The number of rotatable bonds is 4. The average molecular weight is 274 g/mol. The van der Waals surface area contributed by atoms with Crippen LogP contribution in [0.25, 0.3) is 6.08 Å². The van der Waals surface area contributed by atoms with E-state index in [1.54, 1.807) is 18.2 Å². The molecule has 2 N–H and O–H groups in total. The van der Waals surface area contributed by atoms with Gasteiger partial charge in [-0.1, -0.05) is 31.9 Å². The Labute approximate surface area is 120 Å². The molecule has 2 rings (SSSR count). The number of phenolic OH excluding ortho intramolecular Hbond substituents is 2. The molecule has 2 unspecified atom stereocenters. The first-order valence-corrected chi connectivity index (χ1v) is 7.27. The Bertz CT molecular complexity index is 505. The molecule has 3 heteroatoms. The summed E-state index contributed by atoms with van der Waals surface area (Å²) in [6.07, 6.45) is 8.70. The van der Waals surface area contributed by atoms with Crippen LogP contribution in [0, 0.1) is 11.8 Å². The molecule has 3 nitrogen and oxygen atoms in total. The molecule has 1 aliphatic carbocycles. The van der Waals surface area contributed by atoms with Gasteiger partial charge in [0, 0.05) is 6.42 Å². The molecule has 1 saturated carbocycles. The van der Waals surface area contributed by atoms with E-state index in [9.17, 15) is 15.0 Å². The van der Waals surface area contributed by atoms with Crippen molar-refractivity contribution in [2.45, 2.75) is 39.0 Å². The van der Waals surface area contributed by atoms with Gasteiger partial charge in [0.25, 0.3) is 0 Å². The predicted molar refractivity (Wildman–Crippen MR) is 79.6 cm³/mol. The van der Waals surface area contributed by atoms with Crippen LogP contribution in [0.2, 0.25) is 0 Å². The van der Waals surface area contributed by atoms with Crippen LogP contribution in [0.1, 0.15) is 44.6 Å². The van der Waals surface area contributed by atoms with Crippen molar-refractivity contribution in [1.29, 1.82) is 0 Å². The number of hydrogen-bond donors (Lipinski definition) is 2. The first-order chi connectivity index (χ1) is 9.54. The first kappa shape index (κ1) is 14.6. The molecule has 0 bridgehead atoms. The lowest BCUT2D eigenvalue weighted by Crippen LogP contribution is -2.15. The summed E-state index contributed by atoms with van der Waals surface area (Å²) in [5, 5.41) is 18.6. The molecule has 0 saturated heterocycles. The van der Waals surface area contributed by atoms with E-state index in [4.69, 9.17) is 0 Å². The average Bonchev–Trinajstić information content (AvgIpc) is 2.40. The van der Waals surface area contributed by atoms with Gasteiger partial charge in [-0.3, -0.25) is 4.79 Å². The number of phenols is 2. The number of aromatic hydroxyl groups is 2. The van der Waals surface area contributed by atoms with E-state index in [1.807, 2.05) is 0 Å². The SMILES string of the molecule is CC1CCCC(CC(=O)/C=C/c2ccc(O)c(O)c2)C1. The van der Waals surface area contributed by atoms with E-state index in [1.165, 1.54) is 25.0 Å². The summed E-state index contributed by atoms with van der Waals surface area (Å²) in [5.74, 6) is 1.07. The smallest absolute Gasteiger partial charge is 0.157 e. The van der Waals surface area contributed by atoms with Crippen molar-refractivity contribution in [2.24, 2.45) is 11.8 Å². The zero-order chi connectivity index (χ0) is 14.5. The Kier molecular flexibility index (Phi) is 4.83. The van der Waals surface area contributed by atoms with Gasteiger partial charge in [-0.05, 0) is 48.4 Å². The summed E-state index contributed by atoms with van der Waals surface area (Å²) in [7, 11) is 0. The minimum Gasteiger partial charge on any atom is -0.504 e. The topological polar surface area (TPSA) is 57.5 Å². The predicted octanol–water partition coefficient (Wildman–Crippen LogP) is 3.90. The van der Waals surface area contributed by atoms with Crippen molar-refractivity contribution in [2.75, 3.05) is 0 Å². The molecular weight excluding hydrogens is 252 g/mol. The van der Waals surface area contributed by atoms with Gasteiger partial charge in [0.1, 0.15) is 0 Å². The second-order valence-electron chi connectivity index (χ2n) is 5.89. The number of benzene rings is 1. The molecule has 0 radical (unpaired) electrons. The van der Waals surface area contributed by atoms with Crippen molar-refractivity contribution in [3.05, 3.63) is 29.8 Å². The van der Waals surface area contributed by atoms with Gasteiger partial charge < -0.3 is 10.2 Å². The Balaban J connectivity index is 1.90. The van der Waals surface area contributed by atoms with Crippen LogP contribution >= 0.6 is 0 Å². The molecule has 20 heavy (non-hydrogen) atoms. The third-order valence-corrected chi connectivity index (χ3v) is 4.00. The lowest BCUT2D eigenvalue weighted by Gasteiger charge is -2.25. The summed E-state index contributed by atoms with van der Waals surface area (Å²) in [4.78, 5) is 11.9. The lowest BCUT2D eigenvalue weighted by atomic mass is 9.80. The van der Waals surface area contributed by atoms with Gasteiger partial charge in [0.05, 0.1) is 0 Å². The van der Waals surface area contributed by atoms with Crippen LogP contribution in [-0.2, 0) is 4.79 Å². The molecule has 108 valence electrons. The van der Waals surface area contributed by atoms with E-state index >= 15 is 0 Å². The third-order valence-electron chi connectivity index (χ3n) is 4.00. The lowest BCUT2D eigenvalue weighted by molar-refractivity contribution is -0.115. The summed E-state index contributed by atoms with van der Waals surface area (Å²) in [6, 6.07) is 4.53. The molecule has 0 aliphatic heterocycles. The monoisotopic (exact) mass is 274 g/mol. The van der Waals surface area contributed by atoms with Gasteiger partial charge in [-0.15, -0.1) is 0 Å². The maximum Gasteiger partial charge on any atom is 0.157 e. The number of carbonyl (C=O) groups excluding carboxylic acids is 1. The van der Waals surface area contributed by atoms with Gasteiger partial charge in [0.2, 0.25) is 0 Å². The third kappa shape index (κ3) is 4.12. The molecule has 1 fully saturated rings. The van der Waals surface area contributed by atoms with Crippen LogP contribution in [-0.4, -0.2) is 16.0 Å². The Morgan fingerprint density at radius 2 is 2.10 bits per heavy atom. The molecule has 2 atom stereocenters. The Morgan fingerprint density at radius 1 is 1.30 bits per heavy atom. The van der Waals surface area contributed by atoms with Gasteiger partial charge in [-0.2, -0.15) is 0 Å². The zero-order valence-electron chi connectivity index (χ0n) is 11.9. The maximum atomic E-state index is 11.9. The fraction of sp³-hybridized carbons (Fsp3) is 0.471. The maximum absolute atomic E-state index is 11.9. The Morgan fingerprint density at radius 3 is 2.80 bits per heavy atom. The normalized spacial score (nSPS) is 23.1. The fourth-order valence-electron chi connectivity index (χ4n) is 2.93. The standard InChI is InChI=1S/C17H22O3/c1-12-3-2-4-14(9-12)10-15(18)7-5-13-6-8-16(19)17(20)11-13/h5-8,11-12,14,19-20H,2-4,9-10H2,1H3/b7-5+. The number of hydrogen-bond acceptors (Lipinski definition) is 3. The van der Waals surface area contributed by atoms with Crippen LogP contribution in [0.5, 0.6) is 11.5 Å². The number of ketones is 1. The van der Waals surface area contributed by atoms with Crippen LogP contribution in [0.4, 0.5) is 0 Å². The summed E-state index contributed by atoms with van der Waals surface area (Å²) in [5.41, 5.74) is 0.714. The van der Waals surface area contributed by atoms with E-state index in [0.717, 1.165) is 18.8 Å². The highest BCUT2D eigenvalue weighted by atomic mass is 16.3. The molecule has 0 aromatic heterocycles. The summed E-state index contributed by atoms with van der Waals surface area (Å²) in [6.45, 7) is 2.26. The highest BCUT2D eigenvalue weighted by molar-refractivity contribution is 5.93. The van der Waals surface area contributed by atoms with Crippen LogP contribution < -0.4 is 0 Å². The van der Waals surface area contributed by atoms with Crippen molar-refractivity contribution < 1.29 is 15.0 Å². The minimum atomic E-state index is -0.166. The van der Waals surface area contributed by atoms with Crippen LogP contribution in [0.15, 0.2) is 24.3 Å².